The number of rotatable bonds is 11. The number of amides is 1. The zero-order chi connectivity index (χ0) is 29.8. The van der Waals surface area contributed by atoms with Crippen LogP contribution in [0.15, 0.2) is 40.2 Å². The number of ether oxygens (including phenoxy) is 2. The number of aromatic nitrogens is 5. The standard InChI is InChI=1S/C27H30FN7O5S/c1-15(2)32-23(36)17(4)34-24(37)22-16(3)25(35-30-10-11-31-35)41-26(22)33(27(34)38)14-21(40-12-6-9-29)19-13-18(28)7-8-20(19)39-5/h7-8,10-11,13,15,17,21H,6,12,14H2,1-5H3,(H,32,36). The van der Waals surface area contributed by atoms with Crippen molar-refractivity contribution in [1.29, 1.82) is 5.26 Å². The molecule has 1 amide bonds. The smallest absolute Gasteiger partial charge is 0.332 e. The van der Waals surface area contributed by atoms with E-state index in [0.29, 0.717) is 26.7 Å². The number of hydrogen-bond donors (Lipinski definition) is 1. The van der Waals surface area contributed by atoms with Crippen LogP contribution in [0.25, 0.3) is 15.2 Å². The van der Waals surface area contributed by atoms with E-state index >= 15 is 0 Å². The number of benzene rings is 1. The first-order valence-corrected chi connectivity index (χ1v) is 13.7. The molecule has 4 aromatic rings. The van der Waals surface area contributed by atoms with Gasteiger partial charge in [-0.25, -0.2) is 13.8 Å². The summed E-state index contributed by atoms with van der Waals surface area (Å²) in [5.41, 5.74) is -0.545. The number of aryl methyl sites for hydroxylation is 1. The molecule has 0 saturated carbocycles. The zero-order valence-corrected chi connectivity index (χ0v) is 24.1. The highest BCUT2D eigenvalue weighted by atomic mass is 32.1. The Morgan fingerprint density at radius 3 is 2.56 bits per heavy atom. The van der Waals surface area contributed by atoms with Crippen molar-refractivity contribution in [1.82, 2.24) is 29.4 Å². The van der Waals surface area contributed by atoms with Gasteiger partial charge in [-0.1, -0.05) is 11.3 Å². The molecule has 1 aromatic carbocycles. The van der Waals surface area contributed by atoms with E-state index in [2.05, 4.69) is 15.5 Å². The molecule has 2 atom stereocenters. The Kier molecular flexibility index (Phi) is 8.99. The van der Waals surface area contributed by atoms with Crippen LogP contribution in [0.4, 0.5) is 4.39 Å². The van der Waals surface area contributed by atoms with Crippen LogP contribution in [0.5, 0.6) is 5.75 Å². The summed E-state index contributed by atoms with van der Waals surface area (Å²) in [7, 11) is 1.43. The average molecular weight is 584 g/mol. The summed E-state index contributed by atoms with van der Waals surface area (Å²) >= 11 is 1.13. The van der Waals surface area contributed by atoms with Gasteiger partial charge in [-0.15, -0.1) is 4.80 Å². The predicted octanol–water partition coefficient (Wildman–Crippen LogP) is 3.02. The Morgan fingerprint density at radius 1 is 1.22 bits per heavy atom. The van der Waals surface area contributed by atoms with Crippen LogP contribution < -0.4 is 21.3 Å². The second-order valence-electron chi connectivity index (χ2n) is 9.59. The van der Waals surface area contributed by atoms with E-state index in [4.69, 9.17) is 14.7 Å². The van der Waals surface area contributed by atoms with Crippen molar-refractivity contribution in [2.75, 3.05) is 13.7 Å². The molecule has 4 rings (SSSR count). The molecule has 14 heteroatoms. The van der Waals surface area contributed by atoms with Crippen molar-refractivity contribution >= 4 is 27.5 Å². The number of nitrogens with one attached hydrogen (secondary N) is 1. The Hall–Kier alpha value is -4.35. The minimum absolute atomic E-state index is 0.00249. The third-order valence-electron chi connectivity index (χ3n) is 6.44. The van der Waals surface area contributed by atoms with Gasteiger partial charge < -0.3 is 14.8 Å². The number of nitriles is 1. The number of carbonyl (C=O) groups excluding carboxylic acids is 1. The Bertz CT molecular complexity index is 1720. The SMILES string of the molecule is COc1ccc(F)cc1C(Cn1c(=O)n(C(C)C(=O)NC(C)C)c(=O)c2c(C)c(-n3nccn3)sc21)OCCC#N. The first kappa shape index (κ1) is 29.6. The number of fused-ring (bicyclic) bond motifs is 1. The van der Waals surface area contributed by atoms with Gasteiger partial charge in [0.2, 0.25) is 5.91 Å². The van der Waals surface area contributed by atoms with Gasteiger partial charge in [0, 0.05) is 17.2 Å². The molecule has 0 spiro atoms. The molecule has 2 unspecified atom stereocenters. The van der Waals surface area contributed by atoms with Gasteiger partial charge in [0.1, 0.15) is 33.5 Å². The molecule has 3 aromatic heterocycles. The first-order chi connectivity index (χ1) is 19.6. The maximum atomic E-state index is 14.4. The maximum absolute atomic E-state index is 14.4. The number of thiophene rings is 1. The third kappa shape index (κ3) is 5.91. The van der Waals surface area contributed by atoms with Gasteiger partial charge in [-0.05, 0) is 45.9 Å². The van der Waals surface area contributed by atoms with Crippen LogP contribution in [0.1, 0.15) is 50.5 Å². The van der Waals surface area contributed by atoms with Gasteiger partial charge in [0.25, 0.3) is 5.56 Å². The summed E-state index contributed by atoms with van der Waals surface area (Å²) in [5.74, 6) is -0.727. The number of halogens is 1. The van der Waals surface area contributed by atoms with Crippen LogP contribution in [0, 0.1) is 24.1 Å². The molecule has 216 valence electrons. The summed E-state index contributed by atoms with van der Waals surface area (Å²) in [6.45, 7) is 6.56. The van der Waals surface area contributed by atoms with Crippen LogP contribution in [0.3, 0.4) is 0 Å². The molecule has 12 nitrogen and oxygen atoms in total. The Balaban J connectivity index is 1.99. The summed E-state index contributed by atoms with van der Waals surface area (Å²) in [4.78, 5) is 42.5. The number of carbonyl (C=O) groups is 1. The van der Waals surface area contributed by atoms with E-state index in [1.807, 2.05) is 6.07 Å². The lowest BCUT2D eigenvalue weighted by Crippen LogP contribution is -2.47. The lowest BCUT2D eigenvalue weighted by molar-refractivity contribution is -0.124. The first-order valence-electron chi connectivity index (χ1n) is 12.9. The molecule has 0 aliphatic heterocycles. The summed E-state index contributed by atoms with van der Waals surface area (Å²) in [5, 5.41) is 20.9. The molecule has 0 saturated heterocycles. The van der Waals surface area contributed by atoms with E-state index in [9.17, 15) is 18.8 Å². The fraction of sp³-hybridized carbons (Fsp3) is 0.407. The van der Waals surface area contributed by atoms with E-state index in [0.717, 1.165) is 15.9 Å². The highest BCUT2D eigenvalue weighted by molar-refractivity contribution is 7.21. The van der Waals surface area contributed by atoms with E-state index in [1.165, 1.54) is 54.0 Å². The molecule has 0 fully saturated rings. The third-order valence-corrected chi connectivity index (χ3v) is 7.72. The highest BCUT2D eigenvalue weighted by Crippen LogP contribution is 2.34. The van der Waals surface area contributed by atoms with Crippen molar-refractivity contribution in [2.45, 2.75) is 58.8 Å². The Labute approximate surface area is 238 Å². The number of nitrogens with zero attached hydrogens (tertiary/aromatic N) is 6. The molecule has 0 aliphatic carbocycles. The van der Waals surface area contributed by atoms with E-state index < -0.39 is 35.1 Å². The van der Waals surface area contributed by atoms with E-state index in [1.54, 1.807) is 20.8 Å². The van der Waals surface area contributed by atoms with Crippen molar-refractivity contribution in [3.8, 4) is 16.8 Å². The van der Waals surface area contributed by atoms with Crippen LogP contribution in [-0.2, 0) is 16.1 Å². The molecule has 0 bridgehead atoms. The summed E-state index contributed by atoms with van der Waals surface area (Å²) in [6, 6.07) is 4.57. The molecular formula is C27H30FN7O5S. The van der Waals surface area contributed by atoms with Crippen LogP contribution >= 0.6 is 11.3 Å². The maximum Gasteiger partial charge on any atom is 0.332 e. The second-order valence-corrected chi connectivity index (χ2v) is 10.6. The molecule has 41 heavy (non-hydrogen) atoms. The van der Waals surface area contributed by atoms with Crippen LogP contribution in [0.2, 0.25) is 0 Å². The lowest BCUT2D eigenvalue weighted by atomic mass is 10.1. The molecule has 3 heterocycles. The average Bonchev–Trinajstić information content (AvgIpc) is 3.58. The quantitative estimate of drug-likeness (QED) is 0.265. The molecule has 0 radical (unpaired) electrons. The monoisotopic (exact) mass is 583 g/mol. The van der Waals surface area contributed by atoms with E-state index in [-0.39, 0.29) is 31.0 Å². The van der Waals surface area contributed by atoms with Gasteiger partial charge >= 0.3 is 5.69 Å². The van der Waals surface area contributed by atoms with Gasteiger partial charge in [-0.3, -0.25) is 14.2 Å². The minimum atomic E-state index is -1.14. The predicted molar refractivity (Wildman–Crippen MR) is 150 cm³/mol. The molecule has 0 aliphatic rings. The highest BCUT2D eigenvalue weighted by Gasteiger charge is 2.29. The van der Waals surface area contributed by atoms with Crippen molar-refractivity contribution < 1.29 is 18.7 Å². The molecule has 1 N–H and O–H groups in total. The number of methoxy groups -OCH3 is 1. The van der Waals surface area contributed by atoms with Crippen molar-refractivity contribution in [3.63, 3.8) is 0 Å². The van der Waals surface area contributed by atoms with Crippen molar-refractivity contribution in [3.05, 3.63) is 68.4 Å². The fourth-order valence-electron chi connectivity index (χ4n) is 4.50. The normalized spacial score (nSPS) is 12.8. The van der Waals surface area contributed by atoms with Crippen molar-refractivity contribution in [2.24, 2.45) is 0 Å². The van der Waals surface area contributed by atoms with Gasteiger partial charge in [0.05, 0.1) is 50.5 Å². The van der Waals surface area contributed by atoms with Crippen LogP contribution in [-0.4, -0.2) is 49.8 Å². The van der Waals surface area contributed by atoms with Gasteiger partial charge in [-0.2, -0.15) is 15.5 Å². The summed E-state index contributed by atoms with van der Waals surface area (Å²) in [6.07, 6.45) is 2.08. The largest absolute Gasteiger partial charge is 0.496 e. The summed E-state index contributed by atoms with van der Waals surface area (Å²) < 4.78 is 28.1. The minimum Gasteiger partial charge on any atom is -0.496 e. The second kappa shape index (κ2) is 12.4. The fourth-order valence-corrected chi connectivity index (χ4v) is 5.72. The zero-order valence-electron chi connectivity index (χ0n) is 23.3. The lowest BCUT2D eigenvalue weighted by Gasteiger charge is -2.23. The molecular weight excluding hydrogens is 553 g/mol. The Morgan fingerprint density at radius 2 is 1.93 bits per heavy atom. The van der Waals surface area contributed by atoms with Gasteiger partial charge in [0.15, 0.2) is 0 Å². The number of hydrogen-bond acceptors (Lipinski definition) is 9. The topological polar surface area (TPSA) is 146 Å².